The third-order valence-electron chi connectivity index (χ3n) is 2.37. The second kappa shape index (κ2) is 2.95. The Balaban J connectivity index is 2.32. The molecule has 0 bridgehead atoms. The molecule has 1 aromatic heterocycles. The van der Waals surface area contributed by atoms with Crippen molar-refractivity contribution in [1.82, 2.24) is 0 Å². The lowest BCUT2D eigenvalue weighted by Gasteiger charge is -2.19. The van der Waals surface area contributed by atoms with Crippen molar-refractivity contribution in [3.05, 3.63) is 21.9 Å². The van der Waals surface area contributed by atoms with Gasteiger partial charge < -0.3 is 5.11 Å². The summed E-state index contributed by atoms with van der Waals surface area (Å²) in [6.07, 6.45) is 3.63. The lowest BCUT2D eigenvalue weighted by Crippen LogP contribution is -2.09. The molecule has 60 valence electrons. The van der Waals surface area contributed by atoms with Crippen LogP contribution in [0.15, 0.2) is 11.4 Å². The van der Waals surface area contributed by atoms with Crippen LogP contribution in [0.4, 0.5) is 0 Å². The van der Waals surface area contributed by atoms with Crippen LogP contribution in [0.3, 0.4) is 0 Å². The lowest BCUT2D eigenvalue weighted by atomic mass is 9.90. The number of hydrogen-bond donors (Lipinski definition) is 1. The summed E-state index contributed by atoms with van der Waals surface area (Å²) in [5, 5.41) is 11.2. The fraction of sp³-hybridized carbons (Fsp3) is 0.556. The third kappa shape index (κ3) is 1.21. The van der Waals surface area contributed by atoms with Gasteiger partial charge in [-0.15, -0.1) is 11.3 Å². The molecule has 0 aromatic carbocycles. The number of rotatable bonds is 1. The van der Waals surface area contributed by atoms with Crippen LogP contribution in [0.2, 0.25) is 0 Å². The summed E-state index contributed by atoms with van der Waals surface area (Å²) in [7, 11) is 0. The molecule has 1 heterocycles. The summed E-state index contributed by atoms with van der Waals surface area (Å²) in [4.78, 5) is 1.43. The molecule has 1 aliphatic carbocycles. The van der Waals surface area contributed by atoms with Crippen LogP contribution in [0.25, 0.3) is 0 Å². The van der Waals surface area contributed by atoms with Crippen molar-refractivity contribution in [3.63, 3.8) is 0 Å². The molecule has 0 spiro atoms. The molecule has 1 N–H and O–H groups in total. The van der Waals surface area contributed by atoms with Crippen molar-refractivity contribution in [2.24, 2.45) is 0 Å². The van der Waals surface area contributed by atoms with E-state index in [1.165, 1.54) is 29.7 Å². The van der Waals surface area contributed by atoms with E-state index >= 15 is 0 Å². The standard InChI is InChI=1S/C9H12OS/c10-6-8-3-1-2-7-4-5-11-9(7)8/h4-5,8,10H,1-3,6H2. The molecule has 0 amide bonds. The third-order valence-corrected chi connectivity index (χ3v) is 3.49. The smallest absolute Gasteiger partial charge is 0.0507 e. The van der Waals surface area contributed by atoms with E-state index in [0.717, 1.165) is 0 Å². The van der Waals surface area contributed by atoms with Crippen LogP contribution < -0.4 is 0 Å². The number of hydrogen-bond acceptors (Lipinski definition) is 2. The zero-order valence-electron chi connectivity index (χ0n) is 6.42. The van der Waals surface area contributed by atoms with Gasteiger partial charge in [0, 0.05) is 10.8 Å². The Labute approximate surface area is 70.7 Å². The Morgan fingerprint density at radius 1 is 1.64 bits per heavy atom. The van der Waals surface area contributed by atoms with Gasteiger partial charge in [-0.3, -0.25) is 0 Å². The molecule has 1 nitrogen and oxygen atoms in total. The summed E-state index contributed by atoms with van der Waals surface area (Å²) in [5.41, 5.74) is 1.47. The van der Waals surface area contributed by atoms with Gasteiger partial charge in [-0.1, -0.05) is 0 Å². The molecule has 11 heavy (non-hydrogen) atoms. The number of aliphatic hydroxyl groups excluding tert-OH is 1. The van der Waals surface area contributed by atoms with Crippen LogP contribution in [-0.4, -0.2) is 11.7 Å². The maximum absolute atomic E-state index is 9.06. The minimum absolute atomic E-state index is 0.327. The maximum Gasteiger partial charge on any atom is 0.0507 e. The molecular formula is C9H12OS. The molecule has 0 saturated carbocycles. The van der Waals surface area contributed by atoms with Crippen molar-refractivity contribution >= 4 is 11.3 Å². The molecule has 2 rings (SSSR count). The Hall–Kier alpha value is -0.340. The largest absolute Gasteiger partial charge is 0.396 e. The van der Waals surface area contributed by atoms with Crippen LogP contribution in [0.1, 0.15) is 29.2 Å². The number of thiophene rings is 1. The lowest BCUT2D eigenvalue weighted by molar-refractivity contribution is 0.255. The average Bonchev–Trinajstić information content (AvgIpc) is 2.50. The highest BCUT2D eigenvalue weighted by Crippen LogP contribution is 2.34. The molecule has 1 aliphatic rings. The Kier molecular flexibility index (Phi) is 1.96. The predicted molar refractivity (Wildman–Crippen MR) is 47.1 cm³/mol. The molecule has 0 radical (unpaired) electrons. The second-order valence-electron chi connectivity index (χ2n) is 3.08. The van der Waals surface area contributed by atoms with Crippen LogP contribution in [0.5, 0.6) is 0 Å². The first-order chi connectivity index (χ1) is 5.42. The molecule has 0 saturated heterocycles. The minimum atomic E-state index is 0.327. The van der Waals surface area contributed by atoms with Crippen molar-refractivity contribution in [2.75, 3.05) is 6.61 Å². The van der Waals surface area contributed by atoms with Crippen molar-refractivity contribution in [2.45, 2.75) is 25.2 Å². The van der Waals surface area contributed by atoms with Gasteiger partial charge in [0.15, 0.2) is 0 Å². The zero-order valence-corrected chi connectivity index (χ0v) is 7.23. The number of fused-ring (bicyclic) bond motifs is 1. The van der Waals surface area contributed by atoms with E-state index in [-0.39, 0.29) is 0 Å². The summed E-state index contributed by atoms with van der Waals surface area (Å²) >= 11 is 1.80. The predicted octanol–water partition coefficient (Wildman–Crippen LogP) is 2.16. The van der Waals surface area contributed by atoms with E-state index in [0.29, 0.717) is 12.5 Å². The second-order valence-corrected chi connectivity index (χ2v) is 4.03. The van der Waals surface area contributed by atoms with E-state index in [1.54, 1.807) is 11.3 Å². The quantitative estimate of drug-likeness (QED) is 0.681. The highest BCUT2D eigenvalue weighted by Gasteiger charge is 2.19. The summed E-state index contributed by atoms with van der Waals surface area (Å²) in [6.45, 7) is 0.327. The summed E-state index contributed by atoms with van der Waals surface area (Å²) in [6, 6.07) is 2.20. The van der Waals surface area contributed by atoms with Crippen LogP contribution >= 0.6 is 11.3 Å². The van der Waals surface area contributed by atoms with Gasteiger partial charge in [0.05, 0.1) is 6.61 Å². The van der Waals surface area contributed by atoms with E-state index in [1.807, 2.05) is 0 Å². The van der Waals surface area contributed by atoms with Gasteiger partial charge >= 0.3 is 0 Å². The SMILES string of the molecule is OCC1CCCc2ccsc21. The molecule has 0 aliphatic heterocycles. The van der Waals surface area contributed by atoms with E-state index in [9.17, 15) is 0 Å². The van der Waals surface area contributed by atoms with Crippen LogP contribution in [-0.2, 0) is 6.42 Å². The minimum Gasteiger partial charge on any atom is -0.396 e. The van der Waals surface area contributed by atoms with E-state index in [2.05, 4.69) is 11.4 Å². The topological polar surface area (TPSA) is 20.2 Å². The maximum atomic E-state index is 9.06. The first-order valence-corrected chi connectivity index (χ1v) is 4.97. The van der Waals surface area contributed by atoms with Gasteiger partial charge in [-0.05, 0) is 36.3 Å². The van der Waals surface area contributed by atoms with Crippen molar-refractivity contribution < 1.29 is 5.11 Å². The van der Waals surface area contributed by atoms with Crippen LogP contribution in [0, 0.1) is 0 Å². The first kappa shape index (κ1) is 7.32. The first-order valence-electron chi connectivity index (χ1n) is 4.09. The highest BCUT2D eigenvalue weighted by molar-refractivity contribution is 7.10. The average molecular weight is 168 g/mol. The summed E-state index contributed by atoms with van der Waals surface area (Å²) in [5.74, 6) is 0.443. The van der Waals surface area contributed by atoms with Crippen molar-refractivity contribution in [3.8, 4) is 0 Å². The fourth-order valence-corrected chi connectivity index (χ4v) is 2.84. The Morgan fingerprint density at radius 2 is 2.55 bits per heavy atom. The molecular weight excluding hydrogens is 156 g/mol. The highest BCUT2D eigenvalue weighted by atomic mass is 32.1. The normalized spacial score (nSPS) is 23.2. The Bertz CT molecular complexity index is 241. The van der Waals surface area contributed by atoms with Gasteiger partial charge in [-0.2, -0.15) is 0 Å². The van der Waals surface area contributed by atoms with Crippen molar-refractivity contribution in [1.29, 1.82) is 0 Å². The van der Waals surface area contributed by atoms with Gasteiger partial charge in [0.2, 0.25) is 0 Å². The van der Waals surface area contributed by atoms with Gasteiger partial charge in [0.1, 0.15) is 0 Å². The number of aliphatic hydroxyl groups is 1. The van der Waals surface area contributed by atoms with E-state index < -0.39 is 0 Å². The van der Waals surface area contributed by atoms with Gasteiger partial charge in [0.25, 0.3) is 0 Å². The molecule has 1 aromatic rings. The molecule has 0 fully saturated rings. The Morgan fingerprint density at radius 3 is 3.36 bits per heavy atom. The van der Waals surface area contributed by atoms with E-state index in [4.69, 9.17) is 5.11 Å². The number of aryl methyl sites for hydroxylation is 1. The molecule has 2 heteroatoms. The monoisotopic (exact) mass is 168 g/mol. The van der Waals surface area contributed by atoms with Gasteiger partial charge in [-0.25, -0.2) is 0 Å². The fourth-order valence-electron chi connectivity index (χ4n) is 1.76. The molecule has 1 atom stereocenters. The zero-order chi connectivity index (χ0) is 7.68. The molecule has 1 unspecified atom stereocenters. The summed E-state index contributed by atoms with van der Waals surface area (Å²) < 4.78 is 0.